The second kappa shape index (κ2) is 8.12. The summed E-state index contributed by atoms with van der Waals surface area (Å²) in [4.78, 5) is 20.4. The molecule has 0 amide bonds. The van der Waals surface area contributed by atoms with E-state index in [4.69, 9.17) is 44.0 Å². The quantitative estimate of drug-likeness (QED) is 0.441. The molecule has 2 heterocycles. The first-order valence-electron chi connectivity index (χ1n) is 7.48. The highest BCUT2D eigenvalue weighted by atomic mass is 35.5. The van der Waals surface area contributed by atoms with Crippen molar-refractivity contribution >= 4 is 46.6 Å². The Morgan fingerprint density at radius 2 is 2.00 bits per heavy atom. The Balaban J connectivity index is 2.09. The fraction of sp³-hybridized carbons (Fsp3) is 0.118. The van der Waals surface area contributed by atoms with E-state index in [0.29, 0.717) is 5.76 Å². The van der Waals surface area contributed by atoms with Crippen LogP contribution in [0, 0.1) is 5.82 Å². The first kappa shape index (κ1) is 19.4. The molecule has 0 fully saturated rings. The molecule has 0 spiro atoms. The van der Waals surface area contributed by atoms with Crippen LogP contribution >= 0.6 is 34.8 Å². The van der Waals surface area contributed by atoms with Gasteiger partial charge in [-0.1, -0.05) is 34.8 Å². The SMILES string of the molecule is COC(=O)c1nc(-c2ccc(Cl)c(F)c2Cl)nc(NCc2ccco2)c1Cl. The van der Waals surface area contributed by atoms with Gasteiger partial charge in [0.2, 0.25) is 0 Å². The van der Waals surface area contributed by atoms with E-state index in [1.165, 1.54) is 25.5 Å². The maximum Gasteiger partial charge on any atom is 0.358 e. The van der Waals surface area contributed by atoms with Crippen LogP contribution in [0.25, 0.3) is 11.4 Å². The van der Waals surface area contributed by atoms with Crippen molar-refractivity contribution < 1.29 is 18.3 Å². The van der Waals surface area contributed by atoms with Gasteiger partial charge in [-0.3, -0.25) is 0 Å². The van der Waals surface area contributed by atoms with Gasteiger partial charge in [-0.15, -0.1) is 0 Å². The lowest BCUT2D eigenvalue weighted by atomic mass is 10.2. The maximum absolute atomic E-state index is 14.1. The third-order valence-electron chi connectivity index (χ3n) is 3.52. The number of carbonyl (C=O) groups excluding carboxylic acids is 1. The lowest BCUT2D eigenvalue weighted by molar-refractivity contribution is 0.0594. The molecule has 3 aromatic rings. The van der Waals surface area contributed by atoms with Crippen LogP contribution in [0.1, 0.15) is 16.2 Å². The molecule has 10 heteroatoms. The molecule has 0 aliphatic rings. The molecule has 0 atom stereocenters. The zero-order valence-electron chi connectivity index (χ0n) is 13.7. The van der Waals surface area contributed by atoms with Gasteiger partial charge in [-0.2, -0.15) is 0 Å². The average molecular weight is 431 g/mol. The number of halogens is 4. The molecule has 0 saturated carbocycles. The van der Waals surface area contributed by atoms with Gasteiger partial charge in [-0.25, -0.2) is 19.2 Å². The minimum atomic E-state index is -0.820. The predicted octanol–water partition coefficient (Wildman–Crippen LogP) is 5.23. The van der Waals surface area contributed by atoms with Gasteiger partial charge in [0.1, 0.15) is 16.6 Å². The molecule has 0 radical (unpaired) electrons. The zero-order chi connectivity index (χ0) is 19.6. The Labute approximate surface area is 168 Å². The summed E-state index contributed by atoms with van der Waals surface area (Å²) in [7, 11) is 1.19. The van der Waals surface area contributed by atoms with Crippen molar-refractivity contribution in [2.45, 2.75) is 6.54 Å². The van der Waals surface area contributed by atoms with E-state index in [0.717, 1.165) is 0 Å². The molecule has 0 aliphatic carbocycles. The number of rotatable bonds is 5. The van der Waals surface area contributed by atoms with Crippen molar-refractivity contribution in [1.29, 1.82) is 0 Å². The Hall–Kier alpha value is -2.35. The zero-order valence-corrected chi connectivity index (χ0v) is 16.0. The number of esters is 1. The van der Waals surface area contributed by atoms with Crippen LogP contribution in [0.4, 0.5) is 10.2 Å². The largest absolute Gasteiger partial charge is 0.467 e. The molecule has 0 unspecified atom stereocenters. The Morgan fingerprint density at radius 3 is 2.67 bits per heavy atom. The normalized spacial score (nSPS) is 10.7. The molecule has 1 N–H and O–H groups in total. The molecule has 27 heavy (non-hydrogen) atoms. The summed E-state index contributed by atoms with van der Waals surface area (Å²) in [5.41, 5.74) is -0.0565. The highest BCUT2D eigenvalue weighted by Gasteiger charge is 2.22. The second-order valence-electron chi connectivity index (χ2n) is 5.21. The summed E-state index contributed by atoms with van der Waals surface area (Å²) in [6, 6.07) is 6.22. The topological polar surface area (TPSA) is 77.2 Å². The van der Waals surface area contributed by atoms with Crippen LogP contribution in [0.3, 0.4) is 0 Å². The van der Waals surface area contributed by atoms with Crippen LogP contribution in [0.2, 0.25) is 15.1 Å². The monoisotopic (exact) mass is 429 g/mol. The Bertz CT molecular complexity index is 997. The summed E-state index contributed by atoms with van der Waals surface area (Å²) in [5, 5.41) is 2.46. The van der Waals surface area contributed by atoms with Crippen LogP contribution in [0.5, 0.6) is 0 Å². The van der Waals surface area contributed by atoms with Crippen molar-refractivity contribution in [3.8, 4) is 11.4 Å². The maximum atomic E-state index is 14.1. The molecule has 0 aliphatic heterocycles. The van der Waals surface area contributed by atoms with Crippen molar-refractivity contribution in [2.24, 2.45) is 0 Å². The van der Waals surface area contributed by atoms with Gasteiger partial charge in [-0.05, 0) is 24.3 Å². The number of benzene rings is 1. The number of anilines is 1. The average Bonchev–Trinajstić information content (AvgIpc) is 3.18. The number of nitrogens with zero attached hydrogens (tertiary/aromatic N) is 2. The number of hydrogen-bond acceptors (Lipinski definition) is 6. The second-order valence-corrected chi connectivity index (χ2v) is 6.37. The first-order valence-corrected chi connectivity index (χ1v) is 8.61. The molecule has 3 rings (SSSR count). The summed E-state index contributed by atoms with van der Waals surface area (Å²) in [5.74, 6) is -0.886. The summed E-state index contributed by atoms with van der Waals surface area (Å²) in [6.45, 7) is 0.243. The molecule has 6 nitrogen and oxygen atoms in total. The lowest BCUT2D eigenvalue weighted by Gasteiger charge is -2.12. The van der Waals surface area contributed by atoms with Crippen molar-refractivity contribution in [1.82, 2.24) is 9.97 Å². The third-order valence-corrected chi connectivity index (χ3v) is 4.54. The van der Waals surface area contributed by atoms with Crippen LogP contribution in [0.15, 0.2) is 34.9 Å². The number of carbonyl (C=O) groups is 1. The number of nitrogens with one attached hydrogen (secondary N) is 1. The van der Waals surface area contributed by atoms with Gasteiger partial charge >= 0.3 is 5.97 Å². The molecule has 0 bridgehead atoms. The van der Waals surface area contributed by atoms with E-state index in [9.17, 15) is 9.18 Å². The first-order chi connectivity index (χ1) is 12.9. The van der Waals surface area contributed by atoms with E-state index in [2.05, 4.69) is 15.3 Å². The van der Waals surface area contributed by atoms with E-state index < -0.39 is 11.8 Å². The number of methoxy groups -OCH3 is 1. The molecule has 1 aromatic carbocycles. The fourth-order valence-corrected chi connectivity index (χ4v) is 2.88. The van der Waals surface area contributed by atoms with Gasteiger partial charge < -0.3 is 14.5 Å². The van der Waals surface area contributed by atoms with Crippen LogP contribution in [-0.4, -0.2) is 23.0 Å². The van der Waals surface area contributed by atoms with E-state index in [-0.39, 0.29) is 44.5 Å². The van der Waals surface area contributed by atoms with Crippen molar-refractivity contribution in [3.05, 3.63) is 62.9 Å². The molecule has 140 valence electrons. The lowest BCUT2D eigenvalue weighted by Crippen LogP contribution is -2.11. The van der Waals surface area contributed by atoms with E-state index >= 15 is 0 Å². The summed E-state index contributed by atoms with van der Waals surface area (Å²) >= 11 is 18.0. The molecular weight excluding hydrogens is 420 g/mol. The highest BCUT2D eigenvalue weighted by Crippen LogP contribution is 2.34. The Kier molecular flexibility index (Phi) is 5.84. The standard InChI is InChI=1S/C17H11Cl3FN3O3/c1-26-17(25)14-12(20)16(22-7-8-3-2-6-27-8)24-15(23-14)9-4-5-10(18)13(21)11(9)19/h2-6H,7H2,1H3,(H,22,23,24). The minimum absolute atomic E-state index is 0.0256. The molecular formula is C17H11Cl3FN3O3. The molecule has 2 aromatic heterocycles. The number of hydrogen-bond donors (Lipinski definition) is 1. The van der Waals surface area contributed by atoms with Gasteiger partial charge in [0.25, 0.3) is 0 Å². The Morgan fingerprint density at radius 1 is 1.22 bits per heavy atom. The number of ether oxygens (including phenoxy) is 1. The summed E-state index contributed by atoms with van der Waals surface area (Å²) < 4.78 is 24.0. The van der Waals surface area contributed by atoms with Gasteiger partial charge in [0.15, 0.2) is 17.3 Å². The van der Waals surface area contributed by atoms with E-state index in [1.807, 2.05) is 0 Å². The smallest absolute Gasteiger partial charge is 0.358 e. The molecule has 0 saturated heterocycles. The van der Waals surface area contributed by atoms with Gasteiger partial charge in [0.05, 0.1) is 30.0 Å². The third kappa shape index (κ3) is 4.00. The van der Waals surface area contributed by atoms with Crippen LogP contribution < -0.4 is 5.32 Å². The number of furan rings is 1. The predicted molar refractivity (Wildman–Crippen MR) is 99.8 cm³/mol. The van der Waals surface area contributed by atoms with Crippen LogP contribution in [-0.2, 0) is 11.3 Å². The van der Waals surface area contributed by atoms with Crippen molar-refractivity contribution in [2.75, 3.05) is 12.4 Å². The summed E-state index contributed by atoms with van der Waals surface area (Å²) in [6.07, 6.45) is 1.51. The number of aromatic nitrogens is 2. The van der Waals surface area contributed by atoms with E-state index in [1.54, 1.807) is 12.1 Å². The minimum Gasteiger partial charge on any atom is -0.467 e. The van der Waals surface area contributed by atoms with Gasteiger partial charge in [0, 0.05) is 5.56 Å². The fourth-order valence-electron chi connectivity index (χ4n) is 2.20. The highest BCUT2D eigenvalue weighted by molar-refractivity contribution is 6.37. The van der Waals surface area contributed by atoms with Crippen molar-refractivity contribution in [3.63, 3.8) is 0 Å².